The van der Waals surface area contributed by atoms with Crippen molar-refractivity contribution in [3.8, 4) is 5.75 Å². The van der Waals surface area contributed by atoms with E-state index >= 15 is 0 Å². The van der Waals surface area contributed by atoms with Crippen LogP contribution in [0.5, 0.6) is 5.75 Å². The number of hydrogen-bond donors (Lipinski definition) is 1. The first-order valence-corrected chi connectivity index (χ1v) is 6.21. The molecule has 0 atom stereocenters. The van der Waals surface area contributed by atoms with Gasteiger partial charge < -0.3 is 19.2 Å². The molecule has 0 aromatic heterocycles. The minimum atomic E-state index is -0.832. The minimum Gasteiger partial charge on any atom is -0.494 e. The fourth-order valence-electron chi connectivity index (χ4n) is 1.95. The number of Topliss-reactive ketones (excluding diaryl/α,β-unsaturated/α-hetero) is 1. The zero-order valence-electron chi connectivity index (χ0n) is 10.5. The van der Waals surface area contributed by atoms with Crippen LogP contribution in [0.15, 0.2) is 18.2 Å². The second-order valence-corrected chi connectivity index (χ2v) is 4.53. The molecule has 1 aromatic carbocycles. The first-order chi connectivity index (χ1) is 8.66. The Kier molecular flexibility index (Phi) is 4.39. The highest BCUT2D eigenvalue weighted by Gasteiger charge is 2.27. The molecule has 18 heavy (non-hydrogen) atoms. The van der Waals surface area contributed by atoms with Crippen LogP contribution in [0.1, 0.15) is 31.7 Å². The molecule has 2 rings (SSSR count). The Morgan fingerprint density at radius 2 is 2.33 bits per heavy atom. The molecule has 0 spiro atoms. The van der Waals surface area contributed by atoms with Crippen molar-refractivity contribution in [1.29, 1.82) is 0 Å². The van der Waals surface area contributed by atoms with E-state index in [9.17, 15) is 9.82 Å². The average molecular weight is 248 g/mol. The molecule has 0 bridgehead atoms. The maximum absolute atomic E-state index is 10.8. The number of unbranched alkanes of at least 4 members (excludes halogenated alkanes) is 1. The number of ether oxygens (including phenoxy) is 1. The van der Waals surface area contributed by atoms with Crippen LogP contribution in [-0.2, 0) is 16.1 Å². The van der Waals surface area contributed by atoms with Gasteiger partial charge in [0.2, 0.25) is 0 Å². The molecule has 0 radical (unpaired) electrons. The number of carbonyl (C=O) groups excluding carboxylic acids is 1. The highest BCUT2D eigenvalue weighted by molar-refractivity contribution is 6.61. The summed E-state index contributed by atoms with van der Waals surface area (Å²) in [5.41, 5.74) is 1.79. The van der Waals surface area contributed by atoms with Crippen molar-refractivity contribution in [2.24, 2.45) is 0 Å². The van der Waals surface area contributed by atoms with Crippen molar-refractivity contribution in [3.63, 3.8) is 0 Å². The predicted molar refractivity (Wildman–Crippen MR) is 68.9 cm³/mol. The zero-order chi connectivity index (χ0) is 13.0. The van der Waals surface area contributed by atoms with Crippen LogP contribution in [0, 0.1) is 0 Å². The van der Waals surface area contributed by atoms with Crippen LogP contribution in [0.3, 0.4) is 0 Å². The van der Waals surface area contributed by atoms with Crippen LogP contribution in [0.25, 0.3) is 0 Å². The van der Waals surface area contributed by atoms with E-state index in [1.165, 1.54) is 0 Å². The van der Waals surface area contributed by atoms with Crippen LogP contribution in [0.4, 0.5) is 0 Å². The predicted octanol–water partition coefficient (Wildman–Crippen LogP) is 1.04. The van der Waals surface area contributed by atoms with E-state index in [2.05, 4.69) is 0 Å². The number of fused-ring (bicyclic) bond motifs is 1. The molecule has 1 heterocycles. The lowest BCUT2D eigenvalue weighted by atomic mass is 9.79. The fourth-order valence-corrected chi connectivity index (χ4v) is 1.95. The Balaban J connectivity index is 1.80. The Morgan fingerprint density at radius 3 is 3.11 bits per heavy atom. The van der Waals surface area contributed by atoms with Gasteiger partial charge in [0.15, 0.2) is 0 Å². The molecule has 1 aromatic rings. The van der Waals surface area contributed by atoms with Crippen LogP contribution >= 0.6 is 0 Å². The van der Waals surface area contributed by atoms with E-state index < -0.39 is 7.12 Å². The number of hydrogen-bond acceptors (Lipinski definition) is 4. The van der Waals surface area contributed by atoms with Gasteiger partial charge in [-0.2, -0.15) is 0 Å². The summed E-state index contributed by atoms with van der Waals surface area (Å²) < 4.78 is 10.7. The second-order valence-electron chi connectivity index (χ2n) is 4.53. The van der Waals surface area contributed by atoms with Gasteiger partial charge in [0.1, 0.15) is 11.5 Å². The van der Waals surface area contributed by atoms with E-state index in [1.807, 2.05) is 18.2 Å². The van der Waals surface area contributed by atoms with Gasteiger partial charge in [-0.1, -0.05) is 6.07 Å². The number of carbonyl (C=O) groups is 1. The summed E-state index contributed by atoms with van der Waals surface area (Å²) >= 11 is 0. The molecular weight excluding hydrogens is 231 g/mol. The van der Waals surface area contributed by atoms with Crippen molar-refractivity contribution in [2.45, 2.75) is 32.8 Å². The Bertz CT molecular complexity index is 433. The third-order valence-corrected chi connectivity index (χ3v) is 2.97. The zero-order valence-corrected chi connectivity index (χ0v) is 10.5. The van der Waals surface area contributed by atoms with Crippen LogP contribution < -0.4 is 10.2 Å². The summed E-state index contributed by atoms with van der Waals surface area (Å²) in [6, 6.07) is 5.61. The van der Waals surface area contributed by atoms with Crippen molar-refractivity contribution in [1.82, 2.24) is 0 Å². The summed E-state index contributed by atoms with van der Waals surface area (Å²) in [6.45, 7) is 2.64. The SMILES string of the molecule is CC(=O)CCCCOc1ccc2c(c1)B(O)OC2. The molecule has 1 aliphatic heterocycles. The second kappa shape index (κ2) is 6.02. The molecule has 1 N–H and O–H groups in total. The molecule has 0 fully saturated rings. The molecule has 0 amide bonds. The van der Waals surface area contributed by atoms with Gasteiger partial charge in [0, 0.05) is 6.42 Å². The number of benzene rings is 1. The summed E-state index contributed by atoms with van der Waals surface area (Å²) in [4.78, 5) is 10.8. The van der Waals surface area contributed by atoms with Crippen molar-refractivity contribution in [2.75, 3.05) is 6.61 Å². The van der Waals surface area contributed by atoms with Gasteiger partial charge in [-0.05, 0) is 42.9 Å². The third-order valence-electron chi connectivity index (χ3n) is 2.97. The summed E-state index contributed by atoms with van der Waals surface area (Å²) in [5, 5.41) is 9.56. The number of rotatable bonds is 6. The first-order valence-electron chi connectivity index (χ1n) is 6.21. The highest BCUT2D eigenvalue weighted by Crippen LogP contribution is 2.16. The smallest absolute Gasteiger partial charge is 0.491 e. The lowest BCUT2D eigenvalue weighted by Gasteiger charge is -2.07. The van der Waals surface area contributed by atoms with E-state index in [1.54, 1.807) is 6.92 Å². The van der Waals surface area contributed by atoms with Crippen molar-refractivity contribution < 1.29 is 19.2 Å². The van der Waals surface area contributed by atoms with Gasteiger partial charge in [-0.25, -0.2) is 0 Å². The van der Waals surface area contributed by atoms with Crippen molar-refractivity contribution >= 4 is 18.4 Å². The highest BCUT2D eigenvalue weighted by atomic mass is 16.5. The standard InChI is InChI=1S/C13H17BO4/c1-10(15)4-2-3-7-17-12-6-5-11-9-18-14(16)13(11)8-12/h5-6,8,16H,2-4,7,9H2,1H3. The van der Waals surface area contributed by atoms with Gasteiger partial charge in [0.25, 0.3) is 0 Å². The molecule has 0 aliphatic carbocycles. The maximum Gasteiger partial charge on any atom is 0.491 e. The first kappa shape index (κ1) is 13.1. The van der Waals surface area contributed by atoms with E-state index in [4.69, 9.17) is 9.39 Å². The van der Waals surface area contributed by atoms with E-state index in [0.29, 0.717) is 19.6 Å². The van der Waals surface area contributed by atoms with Gasteiger partial charge in [-0.3, -0.25) is 0 Å². The maximum atomic E-state index is 10.8. The summed E-state index contributed by atoms with van der Waals surface area (Å²) in [6.07, 6.45) is 2.32. The average Bonchev–Trinajstić information content (AvgIpc) is 2.70. The van der Waals surface area contributed by atoms with Crippen molar-refractivity contribution in [3.05, 3.63) is 23.8 Å². The molecule has 4 nitrogen and oxygen atoms in total. The molecule has 0 saturated carbocycles. The van der Waals surface area contributed by atoms with E-state index in [0.717, 1.165) is 29.6 Å². The van der Waals surface area contributed by atoms with Crippen LogP contribution in [-0.4, -0.2) is 24.5 Å². The summed E-state index contributed by atoms with van der Waals surface area (Å²) in [7, 11) is -0.832. The molecular formula is C13H17BO4. The molecule has 5 heteroatoms. The topological polar surface area (TPSA) is 55.8 Å². The van der Waals surface area contributed by atoms with E-state index in [-0.39, 0.29) is 5.78 Å². The van der Waals surface area contributed by atoms with Gasteiger partial charge in [0.05, 0.1) is 13.2 Å². The van der Waals surface area contributed by atoms with Crippen LogP contribution in [0.2, 0.25) is 0 Å². The normalized spacial score (nSPS) is 13.6. The molecule has 0 unspecified atom stereocenters. The quantitative estimate of drug-likeness (QED) is 0.603. The Labute approximate surface area is 107 Å². The third kappa shape index (κ3) is 3.34. The minimum absolute atomic E-state index is 0.216. The number of ketones is 1. The Morgan fingerprint density at radius 1 is 1.50 bits per heavy atom. The Hall–Kier alpha value is -1.33. The molecule has 0 saturated heterocycles. The molecule has 96 valence electrons. The van der Waals surface area contributed by atoms with Gasteiger partial charge in [-0.15, -0.1) is 0 Å². The largest absolute Gasteiger partial charge is 0.494 e. The van der Waals surface area contributed by atoms with Gasteiger partial charge >= 0.3 is 7.12 Å². The monoisotopic (exact) mass is 248 g/mol. The lowest BCUT2D eigenvalue weighted by molar-refractivity contribution is -0.117. The summed E-state index contributed by atoms with van der Waals surface area (Å²) in [5.74, 6) is 0.953. The fraction of sp³-hybridized carbons (Fsp3) is 0.462. The molecule has 1 aliphatic rings. The lowest BCUT2D eigenvalue weighted by Crippen LogP contribution is -2.28.